The summed E-state index contributed by atoms with van der Waals surface area (Å²) in [5.41, 5.74) is 1.23. The first-order valence-electron chi connectivity index (χ1n) is 17.2. The van der Waals surface area contributed by atoms with Crippen LogP contribution in [0.2, 0.25) is 0 Å². The molecule has 0 aliphatic rings. The third-order valence-electron chi connectivity index (χ3n) is 8.06. The van der Waals surface area contributed by atoms with Crippen LogP contribution in [0.25, 0.3) is 0 Å². The number of ether oxygens (including phenoxy) is 1. The summed E-state index contributed by atoms with van der Waals surface area (Å²) < 4.78 is 5.11. The molecular weight excluding hydrogens is 791 g/mol. The van der Waals surface area contributed by atoms with E-state index in [0.717, 1.165) is 12.1 Å². The van der Waals surface area contributed by atoms with Gasteiger partial charge in [-0.15, -0.1) is 0 Å². The number of non-ortho nitro benzene ring substituents is 1. The van der Waals surface area contributed by atoms with Gasteiger partial charge in [0.1, 0.15) is 24.8 Å². The highest BCUT2D eigenvalue weighted by atomic mass is 35.5. The number of carbonyl (C=O) groups is 7. The highest BCUT2D eigenvalue weighted by Crippen LogP contribution is 2.21. The van der Waals surface area contributed by atoms with Crippen LogP contribution in [0, 0.1) is 10.1 Å². The number of nitrogens with one attached hydrogen (secondary N) is 5. The van der Waals surface area contributed by atoms with Crippen LogP contribution in [-0.4, -0.2) is 99.3 Å². The molecule has 4 atom stereocenters. The number of aliphatic carboxylic acids is 1. The normalized spacial score (nSPS) is 12.8. The number of nitro groups is 1. The van der Waals surface area contributed by atoms with Gasteiger partial charge in [-0.2, -0.15) is 0 Å². The molecule has 0 aromatic heterocycles. The summed E-state index contributed by atoms with van der Waals surface area (Å²) in [4.78, 5) is 96.0. The number of alkyl halides is 2. The minimum absolute atomic E-state index is 0.00233. The summed E-state index contributed by atoms with van der Waals surface area (Å²) in [5.74, 6) is -6.16. The van der Waals surface area contributed by atoms with Crippen molar-refractivity contribution in [3.8, 4) is 0 Å². The Bertz CT molecular complexity index is 1870. The first-order chi connectivity index (χ1) is 27.1. The minimum Gasteiger partial charge on any atom is -0.480 e. The lowest BCUT2D eigenvalue weighted by molar-refractivity contribution is -0.384. The molecule has 0 saturated carbocycles. The molecule has 0 aliphatic heterocycles. The van der Waals surface area contributed by atoms with E-state index in [1.807, 2.05) is 0 Å². The van der Waals surface area contributed by atoms with Gasteiger partial charge in [0.05, 0.1) is 30.5 Å². The largest absolute Gasteiger partial charge is 0.480 e. The molecular formula is C37H40Cl2N6O12. The topological polar surface area (TPSA) is 272 Å². The van der Waals surface area contributed by atoms with Gasteiger partial charge in [0.25, 0.3) is 11.6 Å². The molecule has 20 heteroatoms. The lowest BCUT2D eigenvalue weighted by atomic mass is 10.0. The van der Waals surface area contributed by atoms with Crippen LogP contribution in [0.4, 0.5) is 5.69 Å². The standard InChI is InChI=1S/C37H40Cl2N6O12/c38-34(39)36(52)44-28(33(50)24-11-13-25(14-12-24)45(55)56)21-57-32(49)16-15-29(46)40-19-30(47)41-20-31(48)42-26(17-22-7-3-1-4-8-22)35(51)43-27(37(53)54)18-23-9-5-2-6-10-23/h1-14,26-28,33-34,50H,15-21H2,(H,40,46)(H,41,47)(H,42,48)(H,43,51)(H,44,52)(H,53,54)/t26-,27-,28-,33-/m1/s1. The van der Waals surface area contributed by atoms with E-state index in [9.17, 15) is 53.9 Å². The SMILES string of the molecule is O=C(CCC(=O)OC[C@@H](NC(=O)C(Cl)Cl)[C@H](O)c1ccc([N+](=O)[O-])cc1)NCC(=O)NCC(=O)N[C@H](Cc1ccccc1)C(=O)N[C@H](Cc1ccccc1)C(=O)O. The van der Waals surface area contributed by atoms with E-state index in [0.29, 0.717) is 11.1 Å². The molecule has 3 aromatic carbocycles. The summed E-state index contributed by atoms with van der Waals surface area (Å²) in [5, 5.41) is 43.3. The van der Waals surface area contributed by atoms with Gasteiger partial charge < -0.3 is 41.5 Å². The number of halogens is 2. The van der Waals surface area contributed by atoms with E-state index in [2.05, 4.69) is 26.6 Å². The maximum atomic E-state index is 13.3. The Hall–Kier alpha value is -6.11. The minimum atomic E-state index is -1.53. The third-order valence-corrected chi connectivity index (χ3v) is 8.45. The Morgan fingerprint density at radius 1 is 0.684 bits per heavy atom. The Labute approximate surface area is 335 Å². The zero-order valence-electron chi connectivity index (χ0n) is 30.1. The lowest BCUT2D eigenvalue weighted by Crippen LogP contribution is -2.54. The van der Waals surface area contributed by atoms with Gasteiger partial charge in [-0.3, -0.25) is 38.9 Å². The fraction of sp³-hybridized carbons (Fsp3) is 0.324. The van der Waals surface area contributed by atoms with Crippen molar-refractivity contribution in [1.29, 1.82) is 0 Å². The summed E-state index contributed by atoms with van der Waals surface area (Å²) >= 11 is 11.2. The van der Waals surface area contributed by atoms with Crippen LogP contribution < -0.4 is 26.6 Å². The molecule has 0 unspecified atom stereocenters. The quantitative estimate of drug-likeness (QED) is 0.0324. The molecule has 0 heterocycles. The van der Waals surface area contributed by atoms with Crippen molar-refractivity contribution in [2.45, 2.75) is 54.7 Å². The number of nitro benzene ring substituents is 1. The summed E-state index contributed by atoms with van der Waals surface area (Å²) in [6, 6.07) is 18.3. The Kier molecular flexibility index (Phi) is 18.3. The first-order valence-corrected chi connectivity index (χ1v) is 18.1. The first kappa shape index (κ1) is 45.3. The number of amides is 5. The van der Waals surface area contributed by atoms with E-state index in [1.54, 1.807) is 60.7 Å². The number of esters is 1. The van der Waals surface area contributed by atoms with Crippen molar-refractivity contribution in [3.63, 3.8) is 0 Å². The Morgan fingerprint density at radius 3 is 1.77 bits per heavy atom. The molecule has 0 saturated heterocycles. The number of benzene rings is 3. The zero-order chi connectivity index (χ0) is 41.9. The van der Waals surface area contributed by atoms with Crippen LogP contribution >= 0.6 is 23.2 Å². The number of carboxylic acid groups (broad SMARTS) is 1. The van der Waals surface area contributed by atoms with E-state index in [4.69, 9.17) is 27.9 Å². The highest BCUT2D eigenvalue weighted by molar-refractivity contribution is 6.53. The molecule has 0 bridgehead atoms. The average Bonchev–Trinajstić information content (AvgIpc) is 3.19. The van der Waals surface area contributed by atoms with Crippen molar-refractivity contribution >= 4 is 70.4 Å². The van der Waals surface area contributed by atoms with E-state index >= 15 is 0 Å². The van der Waals surface area contributed by atoms with E-state index < -0.39 is 108 Å². The van der Waals surface area contributed by atoms with Gasteiger partial charge >= 0.3 is 11.9 Å². The predicted octanol–water partition coefficient (Wildman–Crippen LogP) is 1.01. The molecule has 3 aromatic rings. The fourth-order valence-electron chi connectivity index (χ4n) is 5.09. The van der Waals surface area contributed by atoms with Gasteiger partial charge in [-0.25, -0.2) is 4.79 Å². The highest BCUT2D eigenvalue weighted by Gasteiger charge is 2.29. The second-order valence-electron chi connectivity index (χ2n) is 12.3. The lowest BCUT2D eigenvalue weighted by Gasteiger charge is -2.24. The summed E-state index contributed by atoms with van der Waals surface area (Å²) in [6.07, 6.45) is -2.41. The summed E-state index contributed by atoms with van der Waals surface area (Å²) in [7, 11) is 0. The molecule has 5 amide bonds. The molecule has 0 radical (unpaired) electrons. The predicted molar refractivity (Wildman–Crippen MR) is 203 cm³/mol. The van der Waals surface area contributed by atoms with Crippen LogP contribution in [-0.2, 0) is 51.1 Å². The Balaban J connectivity index is 1.46. The maximum Gasteiger partial charge on any atom is 0.326 e. The smallest absolute Gasteiger partial charge is 0.326 e. The average molecular weight is 832 g/mol. The number of nitrogens with zero attached hydrogens (tertiary/aromatic N) is 1. The number of hydrogen-bond acceptors (Lipinski definition) is 11. The van der Waals surface area contributed by atoms with Gasteiger partial charge in [0, 0.05) is 31.4 Å². The molecule has 304 valence electrons. The second kappa shape index (κ2) is 23.1. The number of carboxylic acids is 1. The van der Waals surface area contributed by atoms with Crippen molar-refractivity contribution in [1.82, 2.24) is 26.6 Å². The summed E-state index contributed by atoms with van der Waals surface area (Å²) in [6.45, 7) is -1.77. The molecule has 18 nitrogen and oxygen atoms in total. The molecule has 0 fully saturated rings. The monoisotopic (exact) mass is 830 g/mol. The number of hydrogen-bond donors (Lipinski definition) is 7. The van der Waals surface area contributed by atoms with Crippen molar-refractivity contribution in [2.75, 3.05) is 19.7 Å². The molecule has 0 aliphatic carbocycles. The third kappa shape index (κ3) is 16.3. The zero-order valence-corrected chi connectivity index (χ0v) is 31.6. The molecule has 0 spiro atoms. The number of carbonyl (C=O) groups excluding carboxylic acids is 6. The van der Waals surface area contributed by atoms with Crippen molar-refractivity contribution in [2.24, 2.45) is 0 Å². The van der Waals surface area contributed by atoms with Crippen molar-refractivity contribution in [3.05, 3.63) is 112 Å². The van der Waals surface area contributed by atoms with E-state index in [-0.39, 0.29) is 24.1 Å². The number of aliphatic hydroxyl groups excluding tert-OH is 1. The van der Waals surface area contributed by atoms with Crippen LogP contribution in [0.3, 0.4) is 0 Å². The molecule has 3 rings (SSSR count). The molecule has 7 N–H and O–H groups in total. The van der Waals surface area contributed by atoms with Gasteiger partial charge in [0.2, 0.25) is 23.6 Å². The number of rotatable bonds is 22. The van der Waals surface area contributed by atoms with Gasteiger partial charge in [-0.1, -0.05) is 83.9 Å². The maximum absolute atomic E-state index is 13.3. The van der Waals surface area contributed by atoms with Crippen LogP contribution in [0.5, 0.6) is 0 Å². The van der Waals surface area contributed by atoms with E-state index in [1.165, 1.54) is 12.1 Å². The van der Waals surface area contributed by atoms with Crippen LogP contribution in [0.1, 0.15) is 35.6 Å². The number of aliphatic hydroxyl groups is 1. The fourth-order valence-corrected chi connectivity index (χ4v) is 5.21. The Morgan fingerprint density at radius 2 is 1.23 bits per heavy atom. The van der Waals surface area contributed by atoms with Gasteiger partial charge in [0.15, 0.2) is 4.84 Å². The molecule has 57 heavy (non-hydrogen) atoms. The van der Waals surface area contributed by atoms with Crippen molar-refractivity contribution < 1.29 is 53.4 Å². The van der Waals surface area contributed by atoms with Crippen LogP contribution in [0.15, 0.2) is 84.9 Å². The second-order valence-corrected chi connectivity index (χ2v) is 13.4. The van der Waals surface area contributed by atoms with Gasteiger partial charge in [-0.05, 0) is 28.8 Å².